The molecule has 0 saturated carbocycles. The number of likely N-dealkylation sites (N-methyl/N-ethyl adjacent to an activating group) is 2. The van der Waals surface area contributed by atoms with E-state index in [1.807, 2.05) is 21.1 Å². The van der Waals surface area contributed by atoms with Crippen LogP contribution in [0.15, 0.2) is 0 Å². The molecule has 0 N–H and O–H groups in total. The standard InChI is InChI=1S/C11H24N2O/c1-8(2)10(11(14)12(5)6)13(7)9(3)4/h8-10H,1-7H3. The van der Waals surface area contributed by atoms with Crippen LogP contribution >= 0.6 is 0 Å². The Morgan fingerprint density at radius 2 is 1.43 bits per heavy atom. The van der Waals surface area contributed by atoms with Crippen molar-refractivity contribution in [2.75, 3.05) is 21.1 Å². The van der Waals surface area contributed by atoms with Gasteiger partial charge in [-0.2, -0.15) is 0 Å². The van der Waals surface area contributed by atoms with Gasteiger partial charge in [0.25, 0.3) is 0 Å². The average molecular weight is 200 g/mol. The lowest BCUT2D eigenvalue weighted by atomic mass is 10.0. The van der Waals surface area contributed by atoms with Gasteiger partial charge >= 0.3 is 0 Å². The highest BCUT2D eigenvalue weighted by Gasteiger charge is 2.28. The highest BCUT2D eigenvalue weighted by molar-refractivity contribution is 5.81. The molecule has 0 aliphatic heterocycles. The maximum atomic E-state index is 11.9. The molecule has 3 heteroatoms. The van der Waals surface area contributed by atoms with E-state index < -0.39 is 0 Å². The van der Waals surface area contributed by atoms with Crippen LogP contribution < -0.4 is 0 Å². The van der Waals surface area contributed by atoms with Crippen molar-refractivity contribution in [2.24, 2.45) is 5.92 Å². The lowest BCUT2D eigenvalue weighted by Crippen LogP contribution is -2.50. The molecule has 0 aromatic carbocycles. The Morgan fingerprint density at radius 3 is 1.64 bits per heavy atom. The predicted octanol–water partition coefficient (Wildman–Crippen LogP) is 1.44. The third-order valence-electron chi connectivity index (χ3n) is 2.58. The summed E-state index contributed by atoms with van der Waals surface area (Å²) in [6, 6.07) is 0.385. The fourth-order valence-corrected chi connectivity index (χ4v) is 1.52. The van der Waals surface area contributed by atoms with E-state index in [4.69, 9.17) is 0 Å². The highest BCUT2D eigenvalue weighted by atomic mass is 16.2. The van der Waals surface area contributed by atoms with E-state index in [0.29, 0.717) is 12.0 Å². The summed E-state index contributed by atoms with van der Waals surface area (Å²) in [5, 5.41) is 0. The number of hydrogen-bond donors (Lipinski definition) is 0. The molecule has 0 aromatic rings. The molecule has 0 heterocycles. The second-order valence-corrected chi connectivity index (χ2v) is 4.68. The van der Waals surface area contributed by atoms with Crippen LogP contribution in [0.25, 0.3) is 0 Å². The van der Waals surface area contributed by atoms with E-state index in [0.717, 1.165) is 0 Å². The molecule has 0 spiro atoms. The van der Waals surface area contributed by atoms with Crippen LogP contribution in [0.5, 0.6) is 0 Å². The zero-order valence-corrected chi connectivity index (χ0v) is 10.5. The zero-order valence-electron chi connectivity index (χ0n) is 10.5. The van der Waals surface area contributed by atoms with E-state index in [2.05, 4.69) is 32.6 Å². The monoisotopic (exact) mass is 200 g/mol. The van der Waals surface area contributed by atoms with Gasteiger partial charge in [-0.3, -0.25) is 9.69 Å². The number of carbonyl (C=O) groups excluding carboxylic acids is 1. The number of rotatable bonds is 4. The summed E-state index contributed by atoms with van der Waals surface area (Å²) in [5.74, 6) is 0.536. The summed E-state index contributed by atoms with van der Waals surface area (Å²) < 4.78 is 0. The van der Waals surface area contributed by atoms with Crippen LogP contribution in [0, 0.1) is 5.92 Å². The molecule has 1 amide bonds. The topological polar surface area (TPSA) is 23.6 Å². The van der Waals surface area contributed by atoms with Crippen molar-refractivity contribution >= 4 is 5.91 Å². The minimum absolute atomic E-state index is 0.00926. The maximum absolute atomic E-state index is 11.9. The predicted molar refractivity (Wildman–Crippen MR) is 60.2 cm³/mol. The molecule has 1 atom stereocenters. The number of amides is 1. The maximum Gasteiger partial charge on any atom is 0.239 e. The third-order valence-corrected chi connectivity index (χ3v) is 2.58. The minimum atomic E-state index is -0.00926. The first kappa shape index (κ1) is 13.4. The van der Waals surface area contributed by atoms with Gasteiger partial charge in [-0.25, -0.2) is 0 Å². The fraction of sp³-hybridized carbons (Fsp3) is 0.909. The second kappa shape index (κ2) is 5.35. The summed E-state index contributed by atoms with van der Waals surface area (Å²) in [7, 11) is 5.63. The minimum Gasteiger partial charge on any atom is -0.347 e. The zero-order chi connectivity index (χ0) is 11.5. The Bertz CT molecular complexity index is 188. The van der Waals surface area contributed by atoms with Crippen LogP contribution in [0.4, 0.5) is 0 Å². The van der Waals surface area contributed by atoms with E-state index in [1.165, 1.54) is 0 Å². The lowest BCUT2D eigenvalue weighted by molar-refractivity contribution is -0.136. The number of nitrogens with zero attached hydrogens (tertiary/aromatic N) is 2. The smallest absolute Gasteiger partial charge is 0.239 e. The number of carbonyl (C=O) groups is 1. The van der Waals surface area contributed by atoms with Gasteiger partial charge in [0.1, 0.15) is 0 Å². The van der Waals surface area contributed by atoms with E-state index in [-0.39, 0.29) is 11.9 Å². The first-order valence-electron chi connectivity index (χ1n) is 5.22. The fourth-order valence-electron chi connectivity index (χ4n) is 1.52. The second-order valence-electron chi connectivity index (χ2n) is 4.68. The largest absolute Gasteiger partial charge is 0.347 e. The molecule has 14 heavy (non-hydrogen) atoms. The molecule has 0 aromatic heterocycles. The average Bonchev–Trinajstić information content (AvgIpc) is 2.03. The molecule has 1 unspecified atom stereocenters. The van der Waals surface area contributed by atoms with Gasteiger partial charge in [0.15, 0.2) is 0 Å². The van der Waals surface area contributed by atoms with Crippen molar-refractivity contribution in [2.45, 2.75) is 39.8 Å². The summed E-state index contributed by atoms with van der Waals surface area (Å²) in [6.45, 7) is 8.40. The van der Waals surface area contributed by atoms with E-state index >= 15 is 0 Å². The highest BCUT2D eigenvalue weighted by Crippen LogP contribution is 2.13. The van der Waals surface area contributed by atoms with E-state index in [9.17, 15) is 4.79 Å². The van der Waals surface area contributed by atoms with Crippen molar-refractivity contribution in [1.29, 1.82) is 0 Å². The van der Waals surface area contributed by atoms with Crippen molar-refractivity contribution in [3.05, 3.63) is 0 Å². The van der Waals surface area contributed by atoms with Gasteiger partial charge in [0.05, 0.1) is 6.04 Å². The van der Waals surface area contributed by atoms with E-state index in [1.54, 1.807) is 4.90 Å². The Hall–Kier alpha value is -0.570. The van der Waals surface area contributed by atoms with Gasteiger partial charge in [-0.15, -0.1) is 0 Å². The molecule has 0 fully saturated rings. The molecular weight excluding hydrogens is 176 g/mol. The first-order valence-corrected chi connectivity index (χ1v) is 5.22. The van der Waals surface area contributed by atoms with Gasteiger partial charge in [0.2, 0.25) is 5.91 Å². The lowest BCUT2D eigenvalue weighted by Gasteiger charge is -2.34. The molecule has 0 saturated heterocycles. The summed E-state index contributed by atoms with van der Waals surface area (Å²) >= 11 is 0. The Balaban J connectivity index is 4.68. The molecule has 3 nitrogen and oxygen atoms in total. The molecular formula is C11H24N2O. The van der Waals surface area contributed by atoms with Crippen molar-refractivity contribution in [3.63, 3.8) is 0 Å². The molecule has 0 aliphatic carbocycles. The van der Waals surface area contributed by atoms with Crippen LogP contribution in [-0.2, 0) is 4.79 Å². The van der Waals surface area contributed by atoms with Gasteiger partial charge in [0, 0.05) is 20.1 Å². The quantitative estimate of drug-likeness (QED) is 0.685. The molecule has 84 valence electrons. The van der Waals surface area contributed by atoms with Crippen molar-refractivity contribution < 1.29 is 4.79 Å². The summed E-state index contributed by atoms with van der Waals surface area (Å²) in [5.41, 5.74) is 0. The number of hydrogen-bond acceptors (Lipinski definition) is 2. The third kappa shape index (κ3) is 3.29. The van der Waals surface area contributed by atoms with Crippen molar-refractivity contribution in [1.82, 2.24) is 9.80 Å². The Morgan fingerprint density at radius 1 is 1.00 bits per heavy atom. The van der Waals surface area contributed by atoms with Crippen LogP contribution in [0.2, 0.25) is 0 Å². The van der Waals surface area contributed by atoms with Crippen molar-refractivity contribution in [3.8, 4) is 0 Å². The van der Waals surface area contributed by atoms with Crippen LogP contribution in [0.3, 0.4) is 0 Å². The van der Waals surface area contributed by atoms with Gasteiger partial charge in [-0.1, -0.05) is 13.8 Å². The van der Waals surface area contributed by atoms with Crippen LogP contribution in [0.1, 0.15) is 27.7 Å². The molecule has 0 aliphatic rings. The van der Waals surface area contributed by atoms with Gasteiger partial charge in [-0.05, 0) is 26.8 Å². The molecule has 0 rings (SSSR count). The first-order chi connectivity index (χ1) is 6.29. The summed E-state index contributed by atoms with van der Waals surface area (Å²) in [6.07, 6.45) is 0. The summed E-state index contributed by atoms with van der Waals surface area (Å²) in [4.78, 5) is 15.7. The Kier molecular flexibility index (Phi) is 5.13. The molecule has 0 radical (unpaired) electrons. The van der Waals surface area contributed by atoms with Gasteiger partial charge < -0.3 is 4.90 Å². The molecule has 0 bridgehead atoms. The Labute approximate surface area is 88.1 Å². The SMILES string of the molecule is CC(C)C(C(=O)N(C)C)N(C)C(C)C. The van der Waals surface area contributed by atoms with Crippen LogP contribution in [-0.4, -0.2) is 48.9 Å². The normalized spacial score (nSPS) is 13.9.